The van der Waals surface area contributed by atoms with Crippen LogP contribution in [0.2, 0.25) is 0 Å². The summed E-state index contributed by atoms with van der Waals surface area (Å²) in [5.74, 6) is -1.90. The van der Waals surface area contributed by atoms with Gasteiger partial charge in [0.25, 0.3) is 0 Å². The van der Waals surface area contributed by atoms with Crippen LogP contribution in [0, 0.1) is 0 Å². The molecule has 2 amide bonds. The molecule has 1 heterocycles. The van der Waals surface area contributed by atoms with Gasteiger partial charge in [-0.15, -0.1) is 0 Å². The highest BCUT2D eigenvalue weighted by atomic mass is 16.8. The smallest absolute Gasteiger partial charge is 0.339 e. The summed E-state index contributed by atoms with van der Waals surface area (Å²) in [7, 11) is 3.31. The molecule has 0 unspecified atom stereocenters. The number of esters is 1. The van der Waals surface area contributed by atoms with Gasteiger partial charge in [0.15, 0.2) is 5.79 Å². The number of hydrogen-bond donors (Lipinski definition) is 2. The van der Waals surface area contributed by atoms with Gasteiger partial charge < -0.3 is 29.5 Å². The lowest BCUT2D eigenvalue weighted by Gasteiger charge is -2.31. The topological polar surface area (TPSA) is 114 Å². The quantitative estimate of drug-likeness (QED) is 0.183. The number of carbonyl (C=O) groups excluding carboxylic acids is 3. The van der Waals surface area contributed by atoms with Crippen LogP contribution in [0.3, 0.4) is 0 Å². The Kier molecular flexibility index (Phi) is 12.6. The van der Waals surface area contributed by atoms with Gasteiger partial charge in [0.05, 0.1) is 12.2 Å². The molecule has 3 atom stereocenters. The Labute approximate surface area is 243 Å². The number of rotatable bonds is 15. The van der Waals surface area contributed by atoms with E-state index in [2.05, 4.69) is 19.2 Å². The first-order valence-electron chi connectivity index (χ1n) is 14.9. The molecule has 1 saturated heterocycles. The summed E-state index contributed by atoms with van der Waals surface area (Å²) in [6, 6.07) is 6.92. The number of ether oxygens (including phenoxy) is 3. The maximum absolute atomic E-state index is 13.5. The van der Waals surface area contributed by atoms with E-state index < -0.39 is 30.1 Å². The fourth-order valence-corrected chi connectivity index (χ4v) is 5.22. The van der Waals surface area contributed by atoms with Gasteiger partial charge in [-0.3, -0.25) is 9.59 Å². The van der Waals surface area contributed by atoms with Gasteiger partial charge in [0.1, 0.15) is 18.3 Å². The number of carbonyl (C=O) groups is 3. The molecule has 9 heteroatoms. The van der Waals surface area contributed by atoms with Crippen LogP contribution in [0.1, 0.15) is 87.6 Å². The maximum Gasteiger partial charge on any atom is 0.339 e. The largest absolute Gasteiger partial charge is 0.456 e. The molecule has 9 nitrogen and oxygen atoms in total. The zero-order valence-electron chi connectivity index (χ0n) is 24.9. The van der Waals surface area contributed by atoms with E-state index in [0.29, 0.717) is 16.7 Å². The number of nitrogens with zero attached hydrogens (tertiary/aromatic N) is 1. The molecule has 0 aromatic heterocycles. The number of nitrogens with one attached hydrogen (secondary N) is 1. The predicted molar refractivity (Wildman–Crippen MR) is 157 cm³/mol. The van der Waals surface area contributed by atoms with E-state index in [4.69, 9.17) is 14.2 Å². The second kappa shape index (κ2) is 15.8. The van der Waals surface area contributed by atoms with Crippen LogP contribution in [0.4, 0.5) is 0 Å². The molecule has 226 valence electrons. The van der Waals surface area contributed by atoms with Gasteiger partial charge >= 0.3 is 5.97 Å². The van der Waals surface area contributed by atoms with Crippen molar-refractivity contribution in [1.29, 1.82) is 0 Å². The molecule has 2 N–H and O–H groups in total. The summed E-state index contributed by atoms with van der Waals surface area (Å²) in [4.78, 5) is 40.0. The number of fused-ring (bicyclic) bond motifs is 1. The van der Waals surface area contributed by atoms with Crippen LogP contribution in [-0.2, 0) is 23.8 Å². The third-order valence-corrected chi connectivity index (χ3v) is 7.48. The van der Waals surface area contributed by atoms with Crippen molar-refractivity contribution >= 4 is 23.9 Å². The van der Waals surface area contributed by atoms with Crippen LogP contribution in [-0.4, -0.2) is 79.1 Å². The predicted octanol–water partition coefficient (Wildman–Crippen LogP) is 4.39. The van der Waals surface area contributed by atoms with Crippen molar-refractivity contribution in [3.8, 4) is 0 Å². The fourth-order valence-electron chi connectivity index (χ4n) is 5.22. The van der Waals surface area contributed by atoms with E-state index in [1.807, 2.05) is 0 Å². The number of benzene rings is 1. The third-order valence-electron chi connectivity index (χ3n) is 7.48. The number of aliphatic hydroxyl groups is 1. The summed E-state index contributed by atoms with van der Waals surface area (Å²) < 4.78 is 19.3. The molecule has 0 radical (unpaired) electrons. The van der Waals surface area contributed by atoms with Crippen molar-refractivity contribution in [2.24, 2.45) is 0 Å². The van der Waals surface area contributed by atoms with Gasteiger partial charge in [-0.05, 0) is 36.6 Å². The van der Waals surface area contributed by atoms with Gasteiger partial charge in [-0.2, -0.15) is 0 Å². The Balaban J connectivity index is 1.88. The van der Waals surface area contributed by atoms with E-state index in [1.54, 1.807) is 50.5 Å². The Hall–Kier alpha value is -3.01. The highest BCUT2D eigenvalue weighted by Gasteiger charge is 2.52. The third kappa shape index (κ3) is 8.99. The Morgan fingerprint density at radius 2 is 1.76 bits per heavy atom. The van der Waals surface area contributed by atoms with Crippen molar-refractivity contribution in [3.63, 3.8) is 0 Å². The molecule has 1 fully saturated rings. The van der Waals surface area contributed by atoms with Crippen molar-refractivity contribution in [1.82, 2.24) is 10.2 Å². The Morgan fingerprint density at radius 3 is 2.39 bits per heavy atom. The SMILES string of the molecule is CCCCCC1(CCCCC)O[C@@H]2[C@@H](C=C(C(=O)NCCO)C[C@H]2OC(=O)c2ccccc2C=CC(=O)N(C)C)O1. The van der Waals surface area contributed by atoms with E-state index in [9.17, 15) is 19.5 Å². The number of hydrogen-bond acceptors (Lipinski definition) is 7. The minimum absolute atomic E-state index is 0.120. The van der Waals surface area contributed by atoms with E-state index in [0.717, 1.165) is 51.4 Å². The average Bonchev–Trinajstić information content (AvgIpc) is 3.33. The summed E-state index contributed by atoms with van der Waals surface area (Å²) in [5.41, 5.74) is 1.29. The van der Waals surface area contributed by atoms with Gasteiger partial charge in [0.2, 0.25) is 11.8 Å². The molecule has 0 saturated carbocycles. The van der Waals surface area contributed by atoms with Crippen molar-refractivity contribution in [2.45, 2.75) is 95.7 Å². The summed E-state index contributed by atoms with van der Waals surface area (Å²) in [5, 5.41) is 11.9. The summed E-state index contributed by atoms with van der Waals surface area (Å²) >= 11 is 0. The molecule has 1 aromatic carbocycles. The monoisotopic (exact) mass is 570 g/mol. The van der Waals surface area contributed by atoms with Gasteiger partial charge in [0, 0.05) is 51.6 Å². The van der Waals surface area contributed by atoms with Gasteiger partial charge in [-0.1, -0.05) is 57.7 Å². The minimum atomic E-state index is -0.801. The molecular weight excluding hydrogens is 524 g/mol. The van der Waals surface area contributed by atoms with Crippen molar-refractivity contribution in [2.75, 3.05) is 27.2 Å². The molecule has 41 heavy (non-hydrogen) atoms. The highest BCUT2D eigenvalue weighted by Crippen LogP contribution is 2.43. The lowest BCUT2D eigenvalue weighted by molar-refractivity contribution is -0.190. The van der Waals surface area contributed by atoms with E-state index in [-0.39, 0.29) is 31.4 Å². The molecule has 3 rings (SSSR count). The standard InChI is InChI=1S/C32H46N2O7/c1-5-7-11-17-32(18-12-8-6-2)40-27-22-24(30(37)33-19-20-35)21-26(29(27)41-32)39-31(38)25-14-10-9-13-23(25)15-16-28(36)34(3)4/h9-10,13-16,22,26-27,29,35H,5-8,11-12,17-21H2,1-4H3,(H,33,37)/t26-,27-,29+/m1/s1. The molecule has 0 spiro atoms. The summed E-state index contributed by atoms with van der Waals surface area (Å²) in [6.45, 7) is 4.24. The first kappa shape index (κ1) is 32.5. The maximum atomic E-state index is 13.5. The number of likely N-dealkylation sites (N-methyl/N-ethyl adjacent to an activating group) is 1. The molecule has 1 aliphatic heterocycles. The highest BCUT2D eigenvalue weighted by molar-refractivity contribution is 5.97. The van der Waals surface area contributed by atoms with Crippen LogP contribution < -0.4 is 5.32 Å². The molecule has 1 aromatic rings. The van der Waals surface area contributed by atoms with E-state index >= 15 is 0 Å². The first-order chi connectivity index (χ1) is 19.7. The molecule has 0 bridgehead atoms. The Morgan fingerprint density at radius 1 is 1.07 bits per heavy atom. The average molecular weight is 571 g/mol. The van der Waals surface area contributed by atoms with E-state index in [1.165, 1.54) is 11.0 Å². The summed E-state index contributed by atoms with van der Waals surface area (Å²) in [6.07, 6.45) is 10.7. The normalized spacial score (nSPS) is 21.3. The van der Waals surface area contributed by atoms with Crippen molar-refractivity contribution in [3.05, 3.63) is 53.1 Å². The molecule has 2 aliphatic rings. The zero-order valence-corrected chi connectivity index (χ0v) is 24.9. The Bertz CT molecular complexity index is 1090. The van der Waals surface area contributed by atoms with Crippen LogP contribution in [0.15, 0.2) is 42.0 Å². The fraction of sp³-hybridized carbons (Fsp3) is 0.594. The number of amides is 2. The second-order valence-corrected chi connectivity index (χ2v) is 11.0. The lowest BCUT2D eigenvalue weighted by Crippen LogP contribution is -2.44. The van der Waals surface area contributed by atoms with Crippen molar-refractivity contribution < 1.29 is 33.7 Å². The minimum Gasteiger partial charge on any atom is -0.456 e. The number of aliphatic hydroxyl groups excluding tert-OH is 1. The number of unbranched alkanes of at least 4 members (excludes halogenated alkanes) is 4. The lowest BCUT2D eigenvalue weighted by atomic mass is 9.91. The second-order valence-electron chi connectivity index (χ2n) is 11.0. The molecule has 1 aliphatic carbocycles. The zero-order chi connectivity index (χ0) is 29.8. The van der Waals surface area contributed by atoms with Crippen LogP contribution in [0.25, 0.3) is 6.08 Å². The van der Waals surface area contributed by atoms with Crippen LogP contribution in [0.5, 0.6) is 0 Å². The van der Waals surface area contributed by atoms with Crippen LogP contribution >= 0.6 is 0 Å². The first-order valence-corrected chi connectivity index (χ1v) is 14.9. The van der Waals surface area contributed by atoms with Gasteiger partial charge in [-0.25, -0.2) is 4.79 Å². The molecular formula is C32H46N2O7.